The lowest BCUT2D eigenvalue weighted by molar-refractivity contribution is -0.121. The molecule has 1 aliphatic heterocycles. The number of rotatable bonds is 6. The largest absolute Gasteiger partial charge is 0.480 e. The smallest absolute Gasteiger partial charge is 0.257 e. The SMILES string of the molecule is NC(=O)c1ccccc1OCC#CCNC(=O)CC1CSc2nc3c(c(=O)n21)CCC3. The second-order valence-corrected chi connectivity index (χ2v) is 8.28. The third kappa shape index (κ3) is 4.59. The molecule has 3 N–H and O–H groups in total. The number of aryl methyl sites for hydroxylation is 1. The molecule has 2 amide bonds. The molecular weight excluding hydrogens is 416 g/mol. The van der Waals surface area contributed by atoms with Gasteiger partial charge >= 0.3 is 0 Å². The van der Waals surface area contributed by atoms with Crippen molar-refractivity contribution in [3.8, 4) is 17.6 Å². The van der Waals surface area contributed by atoms with E-state index in [-0.39, 0.29) is 37.1 Å². The number of aromatic nitrogens is 2. The molecule has 31 heavy (non-hydrogen) atoms. The van der Waals surface area contributed by atoms with Gasteiger partial charge in [0, 0.05) is 17.7 Å². The Balaban J connectivity index is 1.27. The van der Waals surface area contributed by atoms with Crippen molar-refractivity contribution in [3.05, 3.63) is 51.4 Å². The zero-order chi connectivity index (χ0) is 21.8. The molecule has 2 aliphatic rings. The van der Waals surface area contributed by atoms with E-state index in [9.17, 15) is 14.4 Å². The minimum absolute atomic E-state index is 0.00785. The normalized spacial score (nSPS) is 16.1. The minimum atomic E-state index is -0.568. The maximum Gasteiger partial charge on any atom is 0.257 e. The fourth-order valence-corrected chi connectivity index (χ4v) is 4.91. The first kappa shape index (κ1) is 21.0. The summed E-state index contributed by atoms with van der Waals surface area (Å²) in [5.41, 5.74) is 7.33. The first-order chi connectivity index (χ1) is 15.0. The molecule has 4 rings (SSSR count). The van der Waals surface area contributed by atoms with E-state index in [0.29, 0.717) is 17.1 Å². The topological polar surface area (TPSA) is 116 Å². The number of nitrogens with two attached hydrogens (primary N) is 1. The van der Waals surface area contributed by atoms with Gasteiger partial charge in [0.05, 0.1) is 23.8 Å². The van der Waals surface area contributed by atoms with Gasteiger partial charge in [-0.05, 0) is 31.4 Å². The first-order valence-electron chi connectivity index (χ1n) is 10.1. The second kappa shape index (κ2) is 9.27. The van der Waals surface area contributed by atoms with Crippen molar-refractivity contribution in [2.45, 2.75) is 36.9 Å². The third-order valence-corrected chi connectivity index (χ3v) is 6.34. The molecule has 0 spiro atoms. The highest BCUT2D eigenvalue weighted by molar-refractivity contribution is 7.99. The van der Waals surface area contributed by atoms with Crippen molar-refractivity contribution in [2.75, 3.05) is 18.9 Å². The number of para-hydroxylation sites is 1. The zero-order valence-corrected chi connectivity index (χ0v) is 17.7. The van der Waals surface area contributed by atoms with E-state index < -0.39 is 5.91 Å². The number of nitrogens with one attached hydrogen (secondary N) is 1. The molecule has 0 saturated carbocycles. The number of fused-ring (bicyclic) bond motifs is 2. The van der Waals surface area contributed by atoms with E-state index in [4.69, 9.17) is 10.5 Å². The highest BCUT2D eigenvalue weighted by Crippen LogP contribution is 2.33. The molecule has 1 aromatic heterocycles. The van der Waals surface area contributed by atoms with Crippen LogP contribution in [0.4, 0.5) is 0 Å². The van der Waals surface area contributed by atoms with Gasteiger partial charge in [-0.3, -0.25) is 19.0 Å². The van der Waals surface area contributed by atoms with Crippen LogP contribution < -0.4 is 21.3 Å². The number of nitrogens with zero attached hydrogens (tertiary/aromatic N) is 2. The molecule has 1 unspecified atom stereocenters. The van der Waals surface area contributed by atoms with Gasteiger partial charge in [-0.2, -0.15) is 0 Å². The highest BCUT2D eigenvalue weighted by atomic mass is 32.2. The maximum absolute atomic E-state index is 12.8. The fraction of sp³-hybridized carbons (Fsp3) is 0.364. The van der Waals surface area contributed by atoms with E-state index in [1.807, 2.05) is 0 Å². The molecule has 1 atom stereocenters. The number of amides is 2. The average molecular weight is 439 g/mol. The summed E-state index contributed by atoms with van der Waals surface area (Å²) in [4.78, 5) is 41.1. The van der Waals surface area contributed by atoms with Crippen LogP contribution in [-0.4, -0.2) is 40.3 Å². The van der Waals surface area contributed by atoms with Gasteiger partial charge in [-0.25, -0.2) is 4.98 Å². The van der Waals surface area contributed by atoms with Gasteiger partial charge in [0.25, 0.3) is 11.5 Å². The zero-order valence-electron chi connectivity index (χ0n) is 16.8. The third-order valence-electron chi connectivity index (χ3n) is 5.24. The van der Waals surface area contributed by atoms with Crippen LogP contribution in [0, 0.1) is 11.8 Å². The number of ether oxygens (including phenoxy) is 1. The molecular formula is C22H22N4O4S. The lowest BCUT2D eigenvalue weighted by Crippen LogP contribution is -2.32. The van der Waals surface area contributed by atoms with E-state index in [0.717, 1.165) is 35.7 Å². The summed E-state index contributed by atoms with van der Waals surface area (Å²) in [5.74, 6) is 5.91. The van der Waals surface area contributed by atoms with Crippen LogP contribution in [0.5, 0.6) is 5.75 Å². The number of carbonyl (C=O) groups excluding carboxylic acids is 2. The Morgan fingerprint density at radius 2 is 2.13 bits per heavy atom. The molecule has 2 heterocycles. The number of carbonyl (C=O) groups is 2. The lowest BCUT2D eigenvalue weighted by atomic mass is 10.2. The van der Waals surface area contributed by atoms with Crippen molar-refractivity contribution in [3.63, 3.8) is 0 Å². The summed E-state index contributed by atoms with van der Waals surface area (Å²) < 4.78 is 7.15. The monoisotopic (exact) mass is 438 g/mol. The Morgan fingerprint density at radius 1 is 1.29 bits per heavy atom. The van der Waals surface area contributed by atoms with E-state index in [1.54, 1.807) is 28.8 Å². The minimum Gasteiger partial charge on any atom is -0.480 e. The quantitative estimate of drug-likeness (QED) is 0.515. The van der Waals surface area contributed by atoms with Crippen molar-refractivity contribution in [1.29, 1.82) is 0 Å². The molecule has 0 bridgehead atoms. The predicted octanol–water partition coefficient (Wildman–Crippen LogP) is 1.07. The molecule has 1 aliphatic carbocycles. The van der Waals surface area contributed by atoms with Gasteiger partial charge in [0.15, 0.2) is 5.16 Å². The molecule has 2 aromatic rings. The molecule has 0 saturated heterocycles. The number of hydrogen-bond acceptors (Lipinski definition) is 6. The Bertz CT molecular complexity index is 1150. The Morgan fingerprint density at radius 3 is 2.97 bits per heavy atom. The van der Waals surface area contributed by atoms with Gasteiger partial charge in [0.2, 0.25) is 5.91 Å². The van der Waals surface area contributed by atoms with Crippen LogP contribution in [0.1, 0.15) is 40.5 Å². The first-order valence-corrected chi connectivity index (χ1v) is 11.0. The predicted molar refractivity (Wildman–Crippen MR) is 116 cm³/mol. The van der Waals surface area contributed by atoms with Gasteiger partial charge in [-0.1, -0.05) is 35.7 Å². The van der Waals surface area contributed by atoms with E-state index >= 15 is 0 Å². The standard InChI is InChI=1S/C22H22N4O4S/c23-20(28)16-6-1-2-9-18(16)30-11-4-3-10-24-19(27)12-14-13-31-22-25-17-8-5-7-15(17)21(29)26(14)22/h1-2,6,9,14H,5,7-8,10-13H2,(H2,23,28)(H,24,27). The number of primary amides is 1. The van der Waals surface area contributed by atoms with Crippen LogP contribution in [0.15, 0.2) is 34.2 Å². The van der Waals surface area contributed by atoms with Gasteiger partial charge in [-0.15, -0.1) is 0 Å². The van der Waals surface area contributed by atoms with Crippen LogP contribution in [0.3, 0.4) is 0 Å². The fourth-order valence-electron chi connectivity index (χ4n) is 3.75. The Labute approximate surface area is 183 Å². The van der Waals surface area contributed by atoms with Gasteiger partial charge < -0.3 is 15.8 Å². The maximum atomic E-state index is 12.8. The van der Waals surface area contributed by atoms with Crippen molar-refractivity contribution in [2.24, 2.45) is 5.73 Å². The number of thioether (sulfide) groups is 1. The van der Waals surface area contributed by atoms with Crippen molar-refractivity contribution >= 4 is 23.6 Å². The van der Waals surface area contributed by atoms with E-state index in [1.165, 1.54) is 11.8 Å². The Kier molecular flexibility index (Phi) is 6.28. The summed E-state index contributed by atoms with van der Waals surface area (Å²) in [6, 6.07) is 6.48. The summed E-state index contributed by atoms with van der Waals surface area (Å²) >= 11 is 1.53. The van der Waals surface area contributed by atoms with Crippen molar-refractivity contribution in [1.82, 2.24) is 14.9 Å². The van der Waals surface area contributed by atoms with Gasteiger partial charge in [0.1, 0.15) is 12.4 Å². The average Bonchev–Trinajstić information content (AvgIpc) is 3.38. The number of benzene rings is 1. The number of hydrogen-bond donors (Lipinski definition) is 2. The van der Waals surface area contributed by atoms with Crippen LogP contribution in [-0.2, 0) is 17.6 Å². The second-order valence-electron chi connectivity index (χ2n) is 7.30. The molecule has 8 nitrogen and oxygen atoms in total. The molecule has 0 fully saturated rings. The summed E-state index contributed by atoms with van der Waals surface area (Å²) in [6.07, 6.45) is 2.81. The van der Waals surface area contributed by atoms with Crippen LogP contribution in [0.2, 0.25) is 0 Å². The highest BCUT2D eigenvalue weighted by Gasteiger charge is 2.30. The van der Waals surface area contributed by atoms with Crippen molar-refractivity contribution < 1.29 is 14.3 Å². The Hall–Kier alpha value is -3.25. The summed E-state index contributed by atoms with van der Waals surface area (Å²) in [5, 5.41) is 3.47. The van der Waals surface area contributed by atoms with Crippen LogP contribution in [0.25, 0.3) is 0 Å². The summed E-state index contributed by atoms with van der Waals surface area (Å²) in [7, 11) is 0. The molecule has 9 heteroatoms. The summed E-state index contributed by atoms with van der Waals surface area (Å²) in [6.45, 7) is 0.239. The lowest BCUT2D eigenvalue weighted by Gasteiger charge is -2.13. The molecule has 160 valence electrons. The molecule has 0 radical (unpaired) electrons. The van der Waals surface area contributed by atoms with E-state index in [2.05, 4.69) is 22.1 Å². The van der Waals surface area contributed by atoms with Crippen LogP contribution >= 0.6 is 11.8 Å². The molecule has 1 aromatic carbocycles.